The lowest BCUT2D eigenvalue weighted by Gasteiger charge is -2.23. The minimum absolute atomic E-state index is 0.403. The van der Waals surface area contributed by atoms with Gasteiger partial charge in [0.2, 0.25) is 5.91 Å². The predicted octanol–water partition coefficient (Wildman–Crippen LogP) is 2.80. The van der Waals surface area contributed by atoms with Gasteiger partial charge in [0, 0.05) is 0 Å². The number of carbonyl (C=O) groups is 1. The van der Waals surface area contributed by atoms with Crippen LogP contribution in [-0.2, 0) is 11.3 Å². The van der Waals surface area contributed by atoms with Crippen molar-refractivity contribution < 1.29 is 18.0 Å². The number of rotatable bonds is 5. The molecule has 0 bridgehead atoms. The summed E-state index contributed by atoms with van der Waals surface area (Å²) in [6, 6.07) is 6.99. The number of nitrogens with zero attached hydrogens (tertiary/aromatic N) is 2. The van der Waals surface area contributed by atoms with E-state index in [4.69, 9.17) is 0 Å². The molecular weight excluding hydrogens is 315 g/mol. The molecule has 0 aliphatic carbocycles. The van der Waals surface area contributed by atoms with Gasteiger partial charge in [-0.25, -0.2) is 4.98 Å². The molecule has 1 heterocycles. The van der Waals surface area contributed by atoms with Gasteiger partial charge < -0.3 is 5.32 Å². The maximum absolute atomic E-state index is 12.1. The predicted molar refractivity (Wildman–Crippen MR) is 79.6 cm³/mol. The molecule has 0 aliphatic rings. The van der Waals surface area contributed by atoms with Crippen LogP contribution in [0.15, 0.2) is 24.3 Å². The smallest absolute Gasteiger partial charge is 0.346 e. The first-order chi connectivity index (χ1) is 10.3. The Kier molecular flexibility index (Phi) is 5.02. The normalized spacial score (nSPS) is 13.5. The lowest BCUT2D eigenvalue weighted by atomic mass is 10.2. The summed E-state index contributed by atoms with van der Waals surface area (Å²) < 4.78 is 37.4. The fraction of sp³-hybridized carbons (Fsp3) is 0.429. The monoisotopic (exact) mass is 331 g/mol. The second-order valence-corrected chi connectivity index (χ2v) is 6.11. The van der Waals surface area contributed by atoms with Crippen molar-refractivity contribution in [2.45, 2.75) is 25.7 Å². The molecule has 1 amide bonds. The van der Waals surface area contributed by atoms with Crippen LogP contribution in [0.4, 0.5) is 13.2 Å². The summed E-state index contributed by atoms with van der Waals surface area (Å²) in [6.07, 6.45) is -4.40. The molecule has 0 radical (unpaired) electrons. The van der Waals surface area contributed by atoms with E-state index in [1.54, 1.807) is 18.9 Å². The Balaban J connectivity index is 1.95. The molecule has 0 fully saturated rings. The fourth-order valence-electron chi connectivity index (χ4n) is 1.87. The quantitative estimate of drug-likeness (QED) is 0.916. The standard InChI is InChI=1S/C14H16F3N3OS/c1-9(13(21)18-8-14(15,16)17)20(2)7-12-19-10-5-3-4-6-11(10)22-12/h3-6,9H,7-8H2,1-2H3,(H,18,21). The van der Waals surface area contributed by atoms with Crippen LogP contribution in [0.25, 0.3) is 10.2 Å². The second-order valence-electron chi connectivity index (χ2n) is 5.00. The topological polar surface area (TPSA) is 45.2 Å². The van der Waals surface area contributed by atoms with E-state index in [0.29, 0.717) is 6.54 Å². The highest BCUT2D eigenvalue weighted by molar-refractivity contribution is 7.18. The summed E-state index contributed by atoms with van der Waals surface area (Å²) in [6.45, 7) is 0.657. The number of benzene rings is 1. The molecule has 1 N–H and O–H groups in total. The van der Waals surface area contributed by atoms with E-state index in [-0.39, 0.29) is 0 Å². The number of halogens is 3. The van der Waals surface area contributed by atoms with E-state index in [2.05, 4.69) is 4.98 Å². The molecule has 0 aliphatic heterocycles. The Hall–Kier alpha value is -1.67. The van der Waals surface area contributed by atoms with Crippen molar-refractivity contribution in [3.63, 3.8) is 0 Å². The van der Waals surface area contributed by atoms with Crippen LogP contribution in [-0.4, -0.2) is 41.6 Å². The van der Waals surface area contributed by atoms with Gasteiger partial charge in [-0.05, 0) is 26.1 Å². The average Bonchev–Trinajstić information content (AvgIpc) is 2.85. The highest BCUT2D eigenvalue weighted by Gasteiger charge is 2.29. The molecule has 0 spiro atoms. The third kappa shape index (κ3) is 4.41. The summed E-state index contributed by atoms with van der Waals surface area (Å²) in [5.74, 6) is -0.652. The molecule has 1 aromatic carbocycles. The summed E-state index contributed by atoms with van der Waals surface area (Å²) >= 11 is 1.51. The summed E-state index contributed by atoms with van der Waals surface area (Å²) in [5, 5.41) is 2.71. The molecule has 1 atom stereocenters. The number of para-hydroxylation sites is 1. The van der Waals surface area contributed by atoms with Crippen molar-refractivity contribution in [2.24, 2.45) is 0 Å². The molecular formula is C14H16F3N3OS. The highest BCUT2D eigenvalue weighted by Crippen LogP contribution is 2.22. The number of thiazole rings is 1. The van der Waals surface area contributed by atoms with Gasteiger partial charge in [-0.15, -0.1) is 11.3 Å². The molecule has 0 saturated carbocycles. The van der Waals surface area contributed by atoms with Gasteiger partial charge in [0.05, 0.1) is 22.8 Å². The second kappa shape index (κ2) is 6.62. The zero-order chi connectivity index (χ0) is 16.3. The van der Waals surface area contributed by atoms with E-state index >= 15 is 0 Å². The third-order valence-electron chi connectivity index (χ3n) is 3.23. The molecule has 0 saturated heterocycles. The SMILES string of the molecule is CC(C(=O)NCC(F)(F)F)N(C)Cc1nc2ccccc2s1. The van der Waals surface area contributed by atoms with E-state index < -0.39 is 24.7 Å². The first kappa shape index (κ1) is 16.7. The van der Waals surface area contributed by atoms with Gasteiger partial charge >= 0.3 is 6.18 Å². The van der Waals surface area contributed by atoms with Gasteiger partial charge in [0.1, 0.15) is 11.6 Å². The molecule has 2 rings (SSSR count). The Morgan fingerprint density at radius 1 is 1.41 bits per heavy atom. The molecule has 22 heavy (non-hydrogen) atoms. The van der Waals surface area contributed by atoms with Crippen LogP contribution in [0, 0.1) is 0 Å². The number of likely N-dealkylation sites (N-methyl/N-ethyl adjacent to an activating group) is 1. The van der Waals surface area contributed by atoms with Gasteiger partial charge in [-0.1, -0.05) is 12.1 Å². The molecule has 4 nitrogen and oxygen atoms in total. The van der Waals surface area contributed by atoms with Gasteiger partial charge in [0.15, 0.2) is 0 Å². The van der Waals surface area contributed by atoms with Gasteiger partial charge in [0.25, 0.3) is 0 Å². The number of amides is 1. The van der Waals surface area contributed by atoms with Crippen LogP contribution in [0.1, 0.15) is 11.9 Å². The fourth-order valence-corrected chi connectivity index (χ4v) is 2.90. The molecule has 1 unspecified atom stereocenters. The van der Waals surface area contributed by atoms with Crippen molar-refractivity contribution >= 4 is 27.5 Å². The Bertz CT molecular complexity index is 623. The molecule has 120 valence electrons. The van der Waals surface area contributed by atoms with E-state index in [1.807, 2.05) is 29.6 Å². The van der Waals surface area contributed by atoms with E-state index in [9.17, 15) is 18.0 Å². The van der Waals surface area contributed by atoms with Crippen LogP contribution in [0.5, 0.6) is 0 Å². The Morgan fingerprint density at radius 3 is 2.73 bits per heavy atom. The van der Waals surface area contributed by atoms with Crippen LogP contribution in [0.2, 0.25) is 0 Å². The minimum Gasteiger partial charge on any atom is -0.346 e. The molecule has 1 aromatic heterocycles. The number of hydrogen-bond donors (Lipinski definition) is 1. The van der Waals surface area contributed by atoms with Crippen molar-refractivity contribution in [3.05, 3.63) is 29.3 Å². The van der Waals surface area contributed by atoms with Crippen molar-refractivity contribution in [3.8, 4) is 0 Å². The number of fused-ring (bicyclic) bond motifs is 1. The third-order valence-corrected chi connectivity index (χ3v) is 4.25. The zero-order valence-corrected chi connectivity index (χ0v) is 13.0. The molecule has 8 heteroatoms. The lowest BCUT2D eigenvalue weighted by Crippen LogP contribution is -2.45. The van der Waals surface area contributed by atoms with Crippen LogP contribution < -0.4 is 5.32 Å². The summed E-state index contributed by atoms with van der Waals surface area (Å²) in [7, 11) is 1.68. The summed E-state index contributed by atoms with van der Waals surface area (Å²) in [4.78, 5) is 17.8. The first-order valence-electron chi connectivity index (χ1n) is 6.65. The lowest BCUT2D eigenvalue weighted by molar-refractivity contribution is -0.141. The first-order valence-corrected chi connectivity index (χ1v) is 7.47. The molecule has 2 aromatic rings. The van der Waals surface area contributed by atoms with Gasteiger partial charge in [-0.2, -0.15) is 13.2 Å². The summed E-state index contributed by atoms with van der Waals surface area (Å²) in [5.41, 5.74) is 0.880. The van der Waals surface area contributed by atoms with Crippen molar-refractivity contribution in [1.82, 2.24) is 15.2 Å². The van der Waals surface area contributed by atoms with E-state index in [1.165, 1.54) is 11.3 Å². The van der Waals surface area contributed by atoms with Crippen molar-refractivity contribution in [1.29, 1.82) is 0 Å². The highest BCUT2D eigenvalue weighted by atomic mass is 32.1. The number of carbonyl (C=O) groups excluding carboxylic acids is 1. The van der Waals surface area contributed by atoms with E-state index in [0.717, 1.165) is 15.2 Å². The van der Waals surface area contributed by atoms with Gasteiger partial charge in [-0.3, -0.25) is 9.69 Å². The van der Waals surface area contributed by atoms with Crippen LogP contribution in [0.3, 0.4) is 0 Å². The minimum atomic E-state index is -4.40. The average molecular weight is 331 g/mol. The largest absolute Gasteiger partial charge is 0.405 e. The number of hydrogen-bond acceptors (Lipinski definition) is 4. The van der Waals surface area contributed by atoms with Crippen molar-refractivity contribution in [2.75, 3.05) is 13.6 Å². The number of nitrogens with one attached hydrogen (secondary N) is 1. The maximum atomic E-state index is 12.1. The zero-order valence-electron chi connectivity index (χ0n) is 12.1. The Labute approximate surface area is 129 Å². The Morgan fingerprint density at radius 2 is 2.09 bits per heavy atom. The number of alkyl halides is 3. The van der Waals surface area contributed by atoms with Crippen LogP contribution >= 0.6 is 11.3 Å². The number of aromatic nitrogens is 1. The maximum Gasteiger partial charge on any atom is 0.405 e.